The maximum absolute atomic E-state index is 12.2. The van der Waals surface area contributed by atoms with Gasteiger partial charge in [0.25, 0.3) is 11.8 Å². The van der Waals surface area contributed by atoms with Crippen LogP contribution in [0.1, 0.15) is 26.3 Å². The van der Waals surface area contributed by atoms with Crippen molar-refractivity contribution in [3.8, 4) is 5.75 Å². The third-order valence-corrected chi connectivity index (χ3v) is 4.38. The van der Waals surface area contributed by atoms with E-state index < -0.39 is 0 Å². The van der Waals surface area contributed by atoms with Gasteiger partial charge in [0.2, 0.25) is 0 Å². The van der Waals surface area contributed by atoms with Gasteiger partial charge >= 0.3 is 0 Å². The molecule has 0 saturated heterocycles. The predicted octanol–water partition coefficient (Wildman–Crippen LogP) is 3.27. The van der Waals surface area contributed by atoms with Crippen molar-refractivity contribution in [1.82, 2.24) is 4.90 Å². The zero-order valence-corrected chi connectivity index (χ0v) is 14.2. The number of nitrogens with zero attached hydrogens (tertiary/aromatic N) is 1. The van der Waals surface area contributed by atoms with Crippen LogP contribution in [-0.2, 0) is 0 Å². The van der Waals surface area contributed by atoms with Crippen LogP contribution in [0.4, 0.5) is 0 Å². The van der Waals surface area contributed by atoms with Gasteiger partial charge in [-0.15, -0.1) is 0 Å². The van der Waals surface area contributed by atoms with E-state index in [0.717, 1.165) is 14.9 Å². The molecular weight excluding hydrogens is 393 g/mol. The summed E-state index contributed by atoms with van der Waals surface area (Å²) in [5.74, 6) is 0.272. The van der Waals surface area contributed by atoms with Crippen molar-refractivity contribution in [2.24, 2.45) is 0 Å². The van der Waals surface area contributed by atoms with Crippen LogP contribution in [0.5, 0.6) is 5.75 Å². The first-order chi connectivity index (χ1) is 10.6. The Morgan fingerprint density at radius 1 is 1.05 bits per heavy atom. The molecule has 0 N–H and O–H groups in total. The Morgan fingerprint density at radius 3 is 2.27 bits per heavy atom. The molecule has 0 spiro atoms. The molecule has 1 aliphatic heterocycles. The second kappa shape index (κ2) is 6.08. The number of aryl methyl sites for hydroxylation is 1. The molecular formula is C17H14INO3. The molecule has 0 radical (unpaired) electrons. The Hall–Kier alpha value is -1.89. The molecule has 2 amide bonds. The smallest absolute Gasteiger partial charge is 0.261 e. The van der Waals surface area contributed by atoms with Crippen LogP contribution in [0.2, 0.25) is 0 Å². The van der Waals surface area contributed by atoms with Crippen molar-refractivity contribution in [1.29, 1.82) is 0 Å². The second-order valence-corrected chi connectivity index (χ2v) is 6.25. The van der Waals surface area contributed by atoms with Crippen molar-refractivity contribution in [3.05, 3.63) is 62.7 Å². The number of fused-ring (bicyclic) bond motifs is 1. The zero-order chi connectivity index (χ0) is 15.7. The molecule has 0 fully saturated rings. The Bertz CT molecular complexity index is 722. The van der Waals surface area contributed by atoms with E-state index in [1.165, 1.54) is 4.90 Å². The number of imide groups is 1. The van der Waals surface area contributed by atoms with Gasteiger partial charge < -0.3 is 4.74 Å². The van der Waals surface area contributed by atoms with Gasteiger partial charge in [0.15, 0.2) is 0 Å². The number of hydrogen-bond donors (Lipinski definition) is 0. The molecule has 112 valence electrons. The summed E-state index contributed by atoms with van der Waals surface area (Å²) in [4.78, 5) is 25.7. The van der Waals surface area contributed by atoms with E-state index >= 15 is 0 Å². The normalized spacial score (nSPS) is 13.5. The first kappa shape index (κ1) is 15.0. The van der Waals surface area contributed by atoms with Gasteiger partial charge in [0.05, 0.1) is 21.2 Å². The standard InChI is InChI=1S/C17H14INO3/c1-11-6-7-15(14(18)10-11)22-9-8-19-16(20)12-4-2-3-5-13(12)17(19)21/h2-7,10H,8-9H2,1H3. The SMILES string of the molecule is Cc1ccc(OCCN2C(=O)c3ccccc3C2=O)c(I)c1. The summed E-state index contributed by atoms with van der Waals surface area (Å²) in [6, 6.07) is 12.8. The summed E-state index contributed by atoms with van der Waals surface area (Å²) >= 11 is 2.21. The first-order valence-corrected chi connectivity index (χ1v) is 8.00. The third-order valence-electron chi connectivity index (χ3n) is 3.54. The molecule has 1 aliphatic rings. The van der Waals surface area contributed by atoms with E-state index in [1.54, 1.807) is 24.3 Å². The average Bonchev–Trinajstić information content (AvgIpc) is 2.75. The lowest BCUT2D eigenvalue weighted by atomic mass is 10.1. The second-order valence-electron chi connectivity index (χ2n) is 5.09. The van der Waals surface area contributed by atoms with Crippen LogP contribution in [-0.4, -0.2) is 29.9 Å². The lowest BCUT2D eigenvalue weighted by molar-refractivity contribution is 0.0631. The summed E-state index contributed by atoms with van der Waals surface area (Å²) < 4.78 is 6.71. The highest BCUT2D eigenvalue weighted by atomic mass is 127. The largest absolute Gasteiger partial charge is 0.491 e. The molecule has 0 aromatic heterocycles. The van der Waals surface area contributed by atoms with Crippen molar-refractivity contribution >= 4 is 34.4 Å². The predicted molar refractivity (Wildman–Crippen MR) is 91.2 cm³/mol. The Labute approximate surface area is 142 Å². The molecule has 2 aromatic rings. The fourth-order valence-electron chi connectivity index (χ4n) is 2.41. The minimum atomic E-state index is -0.247. The third kappa shape index (κ3) is 2.72. The molecule has 0 saturated carbocycles. The number of halogens is 1. The van der Waals surface area contributed by atoms with Gasteiger partial charge in [-0.25, -0.2) is 0 Å². The van der Waals surface area contributed by atoms with Crippen molar-refractivity contribution in [2.75, 3.05) is 13.2 Å². The van der Waals surface area contributed by atoms with Crippen molar-refractivity contribution in [3.63, 3.8) is 0 Å². The summed E-state index contributed by atoms with van der Waals surface area (Å²) in [7, 11) is 0. The number of hydrogen-bond acceptors (Lipinski definition) is 3. The number of carbonyl (C=O) groups excluding carboxylic acids is 2. The average molecular weight is 407 g/mol. The van der Waals surface area contributed by atoms with Crippen LogP contribution in [0.15, 0.2) is 42.5 Å². The van der Waals surface area contributed by atoms with E-state index in [-0.39, 0.29) is 25.0 Å². The molecule has 0 aliphatic carbocycles. The number of benzene rings is 2. The Balaban J connectivity index is 1.66. The maximum Gasteiger partial charge on any atom is 0.261 e. The maximum atomic E-state index is 12.2. The molecule has 1 heterocycles. The number of amides is 2. The number of carbonyl (C=O) groups is 2. The summed E-state index contributed by atoms with van der Waals surface area (Å²) in [6.07, 6.45) is 0. The van der Waals surface area contributed by atoms with Crippen LogP contribution >= 0.6 is 22.6 Å². The summed E-state index contributed by atoms with van der Waals surface area (Å²) in [6.45, 7) is 2.55. The molecule has 0 atom stereocenters. The van der Waals surface area contributed by atoms with E-state index in [2.05, 4.69) is 22.6 Å². The van der Waals surface area contributed by atoms with E-state index in [4.69, 9.17) is 4.74 Å². The lowest BCUT2D eigenvalue weighted by Gasteiger charge is -2.15. The summed E-state index contributed by atoms with van der Waals surface area (Å²) in [5.41, 5.74) is 2.10. The monoisotopic (exact) mass is 407 g/mol. The van der Waals surface area contributed by atoms with Crippen LogP contribution < -0.4 is 4.74 Å². The van der Waals surface area contributed by atoms with E-state index in [9.17, 15) is 9.59 Å². The minimum Gasteiger partial charge on any atom is -0.491 e. The molecule has 0 bridgehead atoms. The Morgan fingerprint density at radius 2 is 1.68 bits per heavy atom. The van der Waals surface area contributed by atoms with Gasteiger partial charge in [-0.3, -0.25) is 14.5 Å². The molecule has 5 heteroatoms. The van der Waals surface area contributed by atoms with E-state index in [1.807, 2.05) is 25.1 Å². The highest BCUT2D eigenvalue weighted by Gasteiger charge is 2.34. The van der Waals surface area contributed by atoms with E-state index in [0.29, 0.717) is 11.1 Å². The number of ether oxygens (including phenoxy) is 1. The lowest BCUT2D eigenvalue weighted by Crippen LogP contribution is -2.33. The van der Waals surface area contributed by atoms with Gasteiger partial charge in [-0.1, -0.05) is 18.2 Å². The van der Waals surface area contributed by atoms with Gasteiger partial charge in [0, 0.05) is 0 Å². The highest BCUT2D eigenvalue weighted by molar-refractivity contribution is 14.1. The number of rotatable bonds is 4. The summed E-state index contributed by atoms with van der Waals surface area (Å²) in [5, 5.41) is 0. The topological polar surface area (TPSA) is 46.6 Å². The fraction of sp³-hybridized carbons (Fsp3) is 0.176. The molecule has 4 nitrogen and oxygen atoms in total. The van der Waals surface area contributed by atoms with Crippen molar-refractivity contribution in [2.45, 2.75) is 6.92 Å². The highest BCUT2D eigenvalue weighted by Crippen LogP contribution is 2.24. The minimum absolute atomic E-state index is 0.246. The first-order valence-electron chi connectivity index (χ1n) is 6.92. The van der Waals surface area contributed by atoms with Crippen molar-refractivity contribution < 1.29 is 14.3 Å². The molecule has 2 aromatic carbocycles. The van der Waals surface area contributed by atoms with Gasteiger partial charge in [-0.05, 0) is 59.3 Å². The fourth-order valence-corrected chi connectivity index (χ4v) is 3.24. The van der Waals surface area contributed by atoms with Gasteiger partial charge in [-0.2, -0.15) is 0 Å². The van der Waals surface area contributed by atoms with Crippen LogP contribution in [0.3, 0.4) is 0 Å². The van der Waals surface area contributed by atoms with Gasteiger partial charge in [0.1, 0.15) is 12.4 Å². The quantitative estimate of drug-likeness (QED) is 0.578. The van der Waals surface area contributed by atoms with Crippen LogP contribution in [0, 0.1) is 10.5 Å². The molecule has 22 heavy (non-hydrogen) atoms. The zero-order valence-electron chi connectivity index (χ0n) is 12.0. The Kier molecular flexibility index (Phi) is 4.15. The van der Waals surface area contributed by atoms with Crippen LogP contribution in [0.25, 0.3) is 0 Å². The molecule has 0 unspecified atom stereocenters. The molecule has 3 rings (SSSR count).